The maximum Gasteiger partial charge on any atom is 0.266 e. The van der Waals surface area contributed by atoms with E-state index in [0.717, 1.165) is 74.2 Å². The van der Waals surface area contributed by atoms with Crippen LogP contribution in [0.25, 0.3) is 11.2 Å². The summed E-state index contributed by atoms with van der Waals surface area (Å²) in [6.07, 6.45) is 4.42. The zero-order valence-corrected chi connectivity index (χ0v) is 15.9. The number of carbonyl (C=O) groups excluding carboxylic acids is 1. The molecule has 4 heterocycles. The molecule has 9 nitrogen and oxygen atoms in total. The maximum absolute atomic E-state index is 12.0. The number of nitrogens with zero attached hydrogens (tertiary/aromatic N) is 4. The van der Waals surface area contributed by atoms with Crippen LogP contribution >= 0.6 is 0 Å². The number of imidazole rings is 1. The molecule has 148 valence electrons. The Morgan fingerprint density at radius 3 is 2.86 bits per heavy atom. The number of morpholine rings is 1. The average molecular weight is 383 g/mol. The Balaban J connectivity index is 1.65. The standard InChI is InChI=1S/C19H25N7O2/c1-13-15(4-5-21-13)17-18(22-6-7-25-8-10-28-11-9-25)26-12-14(19(27)24-20)2-3-16(26)23-17/h2-3,5,12,22H,4,6-11,20H2,1H3,(H,24,27). The number of hydrogen-bond acceptors (Lipinski definition) is 7. The minimum absolute atomic E-state index is 0.337. The fourth-order valence-corrected chi connectivity index (χ4v) is 3.57. The van der Waals surface area contributed by atoms with Gasteiger partial charge in [0.05, 0.1) is 18.8 Å². The lowest BCUT2D eigenvalue weighted by Crippen LogP contribution is -2.39. The van der Waals surface area contributed by atoms with Crippen molar-refractivity contribution in [2.45, 2.75) is 13.3 Å². The summed E-state index contributed by atoms with van der Waals surface area (Å²) in [4.78, 5) is 23.5. The Morgan fingerprint density at radius 2 is 2.14 bits per heavy atom. The van der Waals surface area contributed by atoms with E-state index in [0.29, 0.717) is 5.56 Å². The minimum Gasteiger partial charge on any atom is -0.379 e. The third-order valence-electron chi connectivity index (χ3n) is 5.14. The van der Waals surface area contributed by atoms with Crippen molar-refractivity contribution in [1.29, 1.82) is 0 Å². The largest absolute Gasteiger partial charge is 0.379 e. The highest BCUT2D eigenvalue weighted by Gasteiger charge is 2.21. The predicted octanol–water partition coefficient (Wildman–Crippen LogP) is 0.887. The fourth-order valence-electron chi connectivity index (χ4n) is 3.57. The predicted molar refractivity (Wildman–Crippen MR) is 108 cm³/mol. The summed E-state index contributed by atoms with van der Waals surface area (Å²) in [5, 5.41) is 3.53. The van der Waals surface area contributed by atoms with E-state index in [9.17, 15) is 4.79 Å². The number of amides is 1. The van der Waals surface area contributed by atoms with Gasteiger partial charge in [0.15, 0.2) is 0 Å². The van der Waals surface area contributed by atoms with Crippen molar-refractivity contribution in [2.75, 3.05) is 44.7 Å². The number of ether oxygens (including phenoxy) is 1. The van der Waals surface area contributed by atoms with Gasteiger partial charge < -0.3 is 10.1 Å². The minimum atomic E-state index is -0.337. The van der Waals surface area contributed by atoms with Crippen LogP contribution in [-0.2, 0) is 4.74 Å². The molecule has 1 fully saturated rings. The summed E-state index contributed by atoms with van der Waals surface area (Å²) in [6, 6.07) is 3.55. The molecule has 2 aromatic heterocycles. The number of fused-ring (bicyclic) bond motifs is 1. The van der Waals surface area contributed by atoms with Gasteiger partial charge >= 0.3 is 0 Å². The van der Waals surface area contributed by atoms with Crippen molar-refractivity contribution in [3.05, 3.63) is 35.3 Å². The lowest BCUT2D eigenvalue weighted by molar-refractivity contribution is 0.0398. The van der Waals surface area contributed by atoms with Crippen molar-refractivity contribution in [2.24, 2.45) is 10.8 Å². The highest BCUT2D eigenvalue weighted by Crippen LogP contribution is 2.32. The van der Waals surface area contributed by atoms with Gasteiger partial charge in [-0.15, -0.1) is 0 Å². The van der Waals surface area contributed by atoms with Crippen LogP contribution in [0.1, 0.15) is 29.4 Å². The molecule has 4 rings (SSSR count). The van der Waals surface area contributed by atoms with Gasteiger partial charge in [-0.1, -0.05) is 0 Å². The third kappa shape index (κ3) is 3.64. The van der Waals surface area contributed by atoms with E-state index in [1.54, 1.807) is 12.3 Å². The van der Waals surface area contributed by atoms with E-state index in [2.05, 4.69) is 20.6 Å². The highest BCUT2D eigenvalue weighted by molar-refractivity contribution is 5.94. The van der Waals surface area contributed by atoms with Gasteiger partial charge in [0.1, 0.15) is 17.2 Å². The molecule has 4 N–H and O–H groups in total. The summed E-state index contributed by atoms with van der Waals surface area (Å²) in [7, 11) is 0. The maximum atomic E-state index is 12.0. The second kappa shape index (κ2) is 8.09. The number of nitrogens with two attached hydrogens (primary N) is 1. The van der Waals surface area contributed by atoms with Crippen LogP contribution in [0.15, 0.2) is 29.0 Å². The number of allylic oxidation sites excluding steroid dienone is 2. The molecule has 28 heavy (non-hydrogen) atoms. The van der Waals surface area contributed by atoms with Gasteiger partial charge in [-0.3, -0.25) is 24.5 Å². The molecule has 1 saturated heterocycles. The van der Waals surface area contributed by atoms with Gasteiger partial charge in [-0.2, -0.15) is 0 Å². The number of anilines is 1. The Hall–Kier alpha value is -2.75. The number of pyridine rings is 1. The lowest BCUT2D eigenvalue weighted by atomic mass is 10.1. The Bertz CT molecular complexity index is 941. The summed E-state index contributed by atoms with van der Waals surface area (Å²) < 4.78 is 7.32. The number of nitrogens with one attached hydrogen (secondary N) is 2. The molecule has 0 spiro atoms. The van der Waals surface area contributed by atoms with E-state index in [1.807, 2.05) is 23.6 Å². The van der Waals surface area contributed by atoms with Crippen LogP contribution in [0.5, 0.6) is 0 Å². The lowest BCUT2D eigenvalue weighted by Gasteiger charge is -2.26. The van der Waals surface area contributed by atoms with Crippen molar-refractivity contribution >= 4 is 29.2 Å². The van der Waals surface area contributed by atoms with Crippen LogP contribution in [0.3, 0.4) is 0 Å². The van der Waals surface area contributed by atoms with Crippen LogP contribution in [0.4, 0.5) is 5.82 Å². The first kappa shape index (κ1) is 18.6. The van der Waals surface area contributed by atoms with Gasteiger partial charge in [0.2, 0.25) is 0 Å². The highest BCUT2D eigenvalue weighted by atomic mass is 16.5. The van der Waals surface area contributed by atoms with Crippen LogP contribution < -0.4 is 16.6 Å². The molecule has 0 aliphatic carbocycles. The average Bonchev–Trinajstić information content (AvgIpc) is 3.31. The zero-order chi connectivity index (χ0) is 19.5. The summed E-state index contributed by atoms with van der Waals surface area (Å²) in [5.74, 6) is 5.83. The molecule has 9 heteroatoms. The number of carbonyl (C=O) groups is 1. The van der Waals surface area contributed by atoms with E-state index in [1.165, 1.54) is 0 Å². The van der Waals surface area contributed by atoms with E-state index < -0.39 is 0 Å². The first-order valence-electron chi connectivity index (χ1n) is 9.47. The number of rotatable bonds is 6. The SMILES string of the molecule is CC1=C(c2nc3ccc(C(=O)NN)cn3c2NCCN2CCOCC2)CC=N1. The fraction of sp³-hybridized carbons (Fsp3) is 0.421. The topological polar surface area (TPSA) is 109 Å². The molecule has 0 radical (unpaired) electrons. The molecule has 2 aliphatic rings. The normalized spacial score (nSPS) is 17.5. The second-order valence-corrected chi connectivity index (χ2v) is 6.89. The molecule has 2 aliphatic heterocycles. The smallest absolute Gasteiger partial charge is 0.266 e. The van der Waals surface area contributed by atoms with Gasteiger partial charge in [0, 0.05) is 56.3 Å². The first-order chi connectivity index (χ1) is 13.7. The van der Waals surface area contributed by atoms with Crippen LogP contribution in [0, 0.1) is 0 Å². The molecule has 0 saturated carbocycles. The summed E-state index contributed by atoms with van der Waals surface area (Å²) in [5.41, 5.74) is 6.37. The Labute approximate surface area is 163 Å². The molecule has 0 atom stereocenters. The monoisotopic (exact) mass is 383 g/mol. The van der Waals surface area contributed by atoms with Crippen LogP contribution in [-0.4, -0.2) is 65.8 Å². The quantitative estimate of drug-likeness (QED) is 0.388. The van der Waals surface area contributed by atoms with Crippen LogP contribution in [0.2, 0.25) is 0 Å². The molecular weight excluding hydrogens is 358 g/mol. The molecular formula is C19H25N7O2. The number of nitrogen functional groups attached to an aromatic ring is 1. The van der Waals surface area contributed by atoms with Crippen molar-refractivity contribution in [1.82, 2.24) is 19.7 Å². The molecule has 0 aromatic carbocycles. The van der Waals surface area contributed by atoms with Gasteiger partial charge in [-0.25, -0.2) is 10.8 Å². The molecule has 0 bridgehead atoms. The summed E-state index contributed by atoms with van der Waals surface area (Å²) in [6.45, 7) is 7.12. The van der Waals surface area contributed by atoms with Gasteiger partial charge in [0.25, 0.3) is 5.91 Å². The number of aromatic nitrogens is 2. The van der Waals surface area contributed by atoms with E-state index in [4.69, 9.17) is 15.6 Å². The van der Waals surface area contributed by atoms with E-state index >= 15 is 0 Å². The summed E-state index contributed by atoms with van der Waals surface area (Å²) >= 11 is 0. The second-order valence-electron chi connectivity index (χ2n) is 6.89. The zero-order valence-electron chi connectivity index (χ0n) is 15.9. The number of aliphatic imine (C=N–C) groups is 1. The Morgan fingerprint density at radius 1 is 1.32 bits per heavy atom. The van der Waals surface area contributed by atoms with Gasteiger partial charge in [-0.05, 0) is 19.1 Å². The van der Waals surface area contributed by atoms with Crippen molar-refractivity contribution < 1.29 is 9.53 Å². The number of hydrazine groups is 1. The molecule has 1 amide bonds. The molecule has 2 aromatic rings. The van der Waals surface area contributed by atoms with Crippen molar-refractivity contribution in [3.8, 4) is 0 Å². The molecule has 0 unspecified atom stereocenters. The van der Waals surface area contributed by atoms with E-state index in [-0.39, 0.29) is 5.91 Å². The number of hydrogen-bond donors (Lipinski definition) is 3. The Kier molecular flexibility index (Phi) is 5.38. The third-order valence-corrected chi connectivity index (χ3v) is 5.14. The van der Waals surface area contributed by atoms with Crippen molar-refractivity contribution in [3.63, 3.8) is 0 Å². The first-order valence-corrected chi connectivity index (χ1v) is 9.47.